The first-order valence-electron chi connectivity index (χ1n) is 5.59. The minimum atomic E-state index is -0.257. The van der Waals surface area contributed by atoms with Gasteiger partial charge in [-0.25, -0.2) is 0 Å². The van der Waals surface area contributed by atoms with Crippen LogP contribution in [0.1, 0.15) is 16.7 Å². The van der Waals surface area contributed by atoms with Gasteiger partial charge < -0.3 is 18.9 Å². The molecule has 0 unspecified atom stereocenters. The fourth-order valence-corrected chi connectivity index (χ4v) is 2.34. The largest absolute Gasteiger partial charge is 0.496 e. The number of rotatable bonds is 3. The lowest BCUT2D eigenvalue weighted by atomic mass is 9.96. The first-order valence-corrected chi connectivity index (χ1v) is 5.59. The van der Waals surface area contributed by atoms with Gasteiger partial charge in [-0.15, -0.1) is 0 Å². The van der Waals surface area contributed by atoms with E-state index in [2.05, 4.69) is 0 Å². The molecule has 2 rings (SSSR count). The Bertz CT molecular complexity index is 493. The highest BCUT2D eigenvalue weighted by molar-refractivity contribution is 5.78. The van der Waals surface area contributed by atoms with Crippen molar-refractivity contribution in [1.82, 2.24) is 0 Å². The zero-order valence-electron chi connectivity index (χ0n) is 11.0. The van der Waals surface area contributed by atoms with Crippen molar-refractivity contribution in [2.45, 2.75) is 20.0 Å². The molecule has 1 aliphatic rings. The van der Waals surface area contributed by atoms with Gasteiger partial charge in [0.2, 0.25) is 0 Å². The van der Waals surface area contributed by atoms with Gasteiger partial charge >= 0.3 is 5.97 Å². The zero-order valence-corrected chi connectivity index (χ0v) is 11.0. The maximum atomic E-state index is 11.4. The standard InChI is InChI=1S/C13H16O5/c1-7-11(15-2)8-5-10(14)18-6-9(8)13(17-4)12(7)16-3/h5-6H2,1-4H3. The molecule has 0 saturated carbocycles. The third-order valence-corrected chi connectivity index (χ3v) is 3.11. The molecule has 0 N–H and O–H groups in total. The van der Waals surface area contributed by atoms with Gasteiger partial charge in [-0.05, 0) is 6.92 Å². The predicted octanol–water partition coefficient (Wildman–Crippen LogP) is 1.62. The van der Waals surface area contributed by atoms with Crippen LogP contribution in [0.2, 0.25) is 0 Å². The average molecular weight is 252 g/mol. The van der Waals surface area contributed by atoms with E-state index in [4.69, 9.17) is 18.9 Å². The van der Waals surface area contributed by atoms with Crippen LogP contribution in [-0.2, 0) is 22.6 Å². The molecule has 0 radical (unpaired) electrons. The monoisotopic (exact) mass is 252 g/mol. The number of esters is 1. The van der Waals surface area contributed by atoms with Crippen LogP contribution < -0.4 is 14.2 Å². The second-order valence-corrected chi connectivity index (χ2v) is 4.02. The topological polar surface area (TPSA) is 54.0 Å². The molecular formula is C13H16O5. The summed E-state index contributed by atoms with van der Waals surface area (Å²) in [6.07, 6.45) is 0.194. The normalized spacial score (nSPS) is 13.7. The Kier molecular flexibility index (Phi) is 3.32. The Morgan fingerprint density at radius 3 is 2.11 bits per heavy atom. The molecule has 18 heavy (non-hydrogen) atoms. The molecule has 5 nitrogen and oxygen atoms in total. The molecule has 0 amide bonds. The minimum absolute atomic E-state index is 0.185. The van der Waals surface area contributed by atoms with Gasteiger partial charge in [0.25, 0.3) is 0 Å². The number of benzene rings is 1. The highest BCUT2D eigenvalue weighted by Crippen LogP contribution is 2.45. The van der Waals surface area contributed by atoms with E-state index < -0.39 is 0 Å². The minimum Gasteiger partial charge on any atom is -0.496 e. The van der Waals surface area contributed by atoms with Gasteiger partial charge in [-0.3, -0.25) is 4.79 Å². The van der Waals surface area contributed by atoms with E-state index in [9.17, 15) is 4.79 Å². The van der Waals surface area contributed by atoms with E-state index >= 15 is 0 Å². The zero-order chi connectivity index (χ0) is 13.3. The summed E-state index contributed by atoms with van der Waals surface area (Å²) in [6.45, 7) is 2.06. The number of carbonyl (C=O) groups is 1. The lowest BCUT2D eigenvalue weighted by Gasteiger charge is -2.24. The summed E-state index contributed by atoms with van der Waals surface area (Å²) in [7, 11) is 4.72. The smallest absolute Gasteiger partial charge is 0.310 e. The number of methoxy groups -OCH3 is 3. The van der Waals surface area contributed by atoms with Gasteiger partial charge in [0.15, 0.2) is 11.5 Å². The molecule has 0 fully saturated rings. The Hall–Kier alpha value is -1.91. The number of cyclic esters (lactones) is 1. The molecule has 5 heteroatoms. The van der Waals surface area contributed by atoms with E-state index in [1.54, 1.807) is 21.3 Å². The molecule has 0 aliphatic carbocycles. The summed E-state index contributed by atoms with van der Waals surface area (Å²) in [5.74, 6) is 1.64. The number of hydrogen-bond acceptors (Lipinski definition) is 5. The third kappa shape index (κ3) is 1.75. The molecule has 98 valence electrons. The lowest BCUT2D eigenvalue weighted by molar-refractivity contribution is -0.145. The van der Waals surface area contributed by atoms with Crippen molar-refractivity contribution in [3.63, 3.8) is 0 Å². The number of ether oxygens (including phenoxy) is 4. The quantitative estimate of drug-likeness (QED) is 0.765. The van der Waals surface area contributed by atoms with Crippen molar-refractivity contribution < 1.29 is 23.7 Å². The Labute approximate surface area is 106 Å². The van der Waals surface area contributed by atoms with E-state index in [0.717, 1.165) is 16.7 Å². The van der Waals surface area contributed by atoms with Gasteiger partial charge in [0.05, 0.1) is 27.8 Å². The summed E-state index contributed by atoms with van der Waals surface area (Å²) in [4.78, 5) is 11.4. The van der Waals surface area contributed by atoms with Crippen molar-refractivity contribution >= 4 is 5.97 Å². The van der Waals surface area contributed by atoms with E-state index in [0.29, 0.717) is 17.2 Å². The van der Waals surface area contributed by atoms with Crippen LogP contribution in [0.15, 0.2) is 0 Å². The van der Waals surface area contributed by atoms with Gasteiger partial charge in [0, 0.05) is 16.7 Å². The summed E-state index contributed by atoms with van der Waals surface area (Å²) >= 11 is 0. The maximum Gasteiger partial charge on any atom is 0.310 e. The summed E-state index contributed by atoms with van der Waals surface area (Å²) < 4.78 is 21.2. The van der Waals surface area contributed by atoms with Crippen LogP contribution >= 0.6 is 0 Å². The van der Waals surface area contributed by atoms with Crippen molar-refractivity contribution in [2.75, 3.05) is 21.3 Å². The van der Waals surface area contributed by atoms with Crippen LogP contribution in [0.5, 0.6) is 17.2 Å². The average Bonchev–Trinajstić information content (AvgIpc) is 2.37. The second-order valence-electron chi connectivity index (χ2n) is 4.02. The summed E-state index contributed by atoms with van der Waals surface area (Å²) in [6, 6.07) is 0. The molecule has 0 atom stereocenters. The van der Waals surface area contributed by atoms with Crippen LogP contribution in [0.25, 0.3) is 0 Å². The highest BCUT2D eigenvalue weighted by Gasteiger charge is 2.29. The molecule has 0 bridgehead atoms. The van der Waals surface area contributed by atoms with Crippen LogP contribution in [0, 0.1) is 6.92 Å². The summed E-state index contributed by atoms with van der Waals surface area (Å²) in [5, 5.41) is 0. The van der Waals surface area contributed by atoms with Gasteiger partial charge in [-0.1, -0.05) is 0 Å². The van der Waals surface area contributed by atoms with E-state index in [1.807, 2.05) is 6.92 Å². The Balaban J connectivity index is 2.73. The highest BCUT2D eigenvalue weighted by atomic mass is 16.5. The van der Waals surface area contributed by atoms with Crippen molar-refractivity contribution in [3.8, 4) is 17.2 Å². The van der Waals surface area contributed by atoms with Crippen LogP contribution in [0.4, 0.5) is 0 Å². The van der Waals surface area contributed by atoms with Crippen molar-refractivity contribution in [3.05, 3.63) is 16.7 Å². The van der Waals surface area contributed by atoms with Gasteiger partial charge in [-0.2, -0.15) is 0 Å². The van der Waals surface area contributed by atoms with E-state index in [1.165, 1.54) is 0 Å². The van der Waals surface area contributed by atoms with Crippen LogP contribution in [0.3, 0.4) is 0 Å². The van der Waals surface area contributed by atoms with Gasteiger partial charge in [0.1, 0.15) is 12.4 Å². The van der Waals surface area contributed by atoms with E-state index in [-0.39, 0.29) is 19.0 Å². The second kappa shape index (κ2) is 4.76. The first-order chi connectivity index (χ1) is 8.63. The number of carbonyl (C=O) groups excluding carboxylic acids is 1. The molecule has 1 aliphatic heterocycles. The summed E-state index contributed by atoms with van der Waals surface area (Å²) in [5.41, 5.74) is 2.46. The SMILES string of the molecule is COc1c(C)c(OC)c(OC)c2c1CC(=O)OC2. The van der Waals surface area contributed by atoms with Crippen LogP contribution in [-0.4, -0.2) is 27.3 Å². The predicted molar refractivity (Wildman–Crippen MR) is 64.3 cm³/mol. The fourth-order valence-electron chi connectivity index (χ4n) is 2.34. The fraction of sp³-hybridized carbons (Fsp3) is 0.462. The number of fused-ring (bicyclic) bond motifs is 1. The molecule has 1 heterocycles. The molecule has 1 aromatic rings. The third-order valence-electron chi connectivity index (χ3n) is 3.11. The molecule has 1 aromatic carbocycles. The molecule has 0 spiro atoms. The Morgan fingerprint density at radius 2 is 1.56 bits per heavy atom. The Morgan fingerprint density at radius 1 is 0.944 bits per heavy atom. The molecule has 0 aromatic heterocycles. The lowest BCUT2D eigenvalue weighted by Crippen LogP contribution is -2.19. The maximum absolute atomic E-state index is 11.4. The van der Waals surface area contributed by atoms with Crippen molar-refractivity contribution in [1.29, 1.82) is 0 Å². The van der Waals surface area contributed by atoms with Crippen molar-refractivity contribution in [2.24, 2.45) is 0 Å². The number of hydrogen-bond donors (Lipinski definition) is 0. The first kappa shape index (κ1) is 12.5. The molecular weight excluding hydrogens is 236 g/mol. The molecule has 0 saturated heterocycles.